The molecule has 0 unspecified atom stereocenters. The van der Waals surface area contributed by atoms with Gasteiger partial charge in [0, 0.05) is 11.6 Å². The summed E-state index contributed by atoms with van der Waals surface area (Å²) in [6, 6.07) is 11.9. The lowest BCUT2D eigenvalue weighted by Gasteiger charge is -2.01. The number of nitro groups is 1. The number of carbonyl (C=O) groups is 1. The smallest absolute Gasteiger partial charge is 0.343 e. The highest BCUT2D eigenvalue weighted by atomic mass is 35.5. The van der Waals surface area contributed by atoms with Crippen LogP contribution in [0.25, 0.3) is 11.8 Å². The van der Waals surface area contributed by atoms with Crippen LogP contribution in [0.1, 0.15) is 16.7 Å². The van der Waals surface area contributed by atoms with Crippen LogP contribution < -0.4 is 0 Å². The third-order valence-corrected chi connectivity index (χ3v) is 3.87. The highest BCUT2D eigenvalue weighted by Crippen LogP contribution is 2.30. The molecule has 2 aromatic carbocycles. The van der Waals surface area contributed by atoms with Crippen LogP contribution in [0.5, 0.6) is 0 Å². The van der Waals surface area contributed by atoms with Crippen molar-refractivity contribution >= 4 is 35.1 Å². The fourth-order valence-electron chi connectivity index (χ4n) is 2.29. The maximum Gasteiger partial charge on any atom is 0.343 e. The number of hydrogen-bond donors (Lipinski definition) is 0. The Morgan fingerprint density at radius 1 is 1.17 bits per heavy atom. The molecule has 1 aliphatic rings. The Morgan fingerprint density at radius 2 is 1.88 bits per heavy atom. The minimum absolute atomic E-state index is 0.0482. The topological polar surface area (TPSA) is 69.4 Å². The van der Waals surface area contributed by atoms with Crippen molar-refractivity contribution in [2.75, 3.05) is 0 Å². The van der Waals surface area contributed by atoms with Gasteiger partial charge in [0.2, 0.25) is 0 Å². The minimum atomic E-state index is -0.565. The van der Waals surface area contributed by atoms with Gasteiger partial charge in [-0.2, -0.15) is 0 Å². The van der Waals surface area contributed by atoms with E-state index < -0.39 is 10.9 Å². The zero-order valence-corrected chi connectivity index (χ0v) is 13.4. The number of halogens is 1. The minimum Gasteiger partial charge on any atom is -0.422 e. The Hall–Kier alpha value is -2.92. The predicted octanol–water partition coefficient (Wildman–Crippen LogP) is 4.54. The molecule has 0 fully saturated rings. The largest absolute Gasteiger partial charge is 0.422 e. The molecule has 0 saturated carbocycles. The molecule has 0 N–H and O–H groups in total. The van der Waals surface area contributed by atoms with Crippen molar-refractivity contribution in [1.29, 1.82) is 0 Å². The van der Waals surface area contributed by atoms with E-state index in [1.807, 2.05) is 31.2 Å². The lowest BCUT2D eigenvalue weighted by atomic mass is 10.1. The van der Waals surface area contributed by atoms with Crippen LogP contribution in [0, 0.1) is 17.0 Å². The van der Waals surface area contributed by atoms with Gasteiger partial charge in [0.25, 0.3) is 5.69 Å². The molecule has 0 atom stereocenters. The van der Waals surface area contributed by atoms with E-state index in [-0.39, 0.29) is 10.7 Å². The van der Waals surface area contributed by atoms with Gasteiger partial charge in [0.1, 0.15) is 10.8 Å². The number of carbonyl (C=O) groups excluding carboxylic acids is 1. The van der Waals surface area contributed by atoms with Crippen LogP contribution in [0.2, 0.25) is 5.02 Å². The summed E-state index contributed by atoms with van der Waals surface area (Å²) in [6.45, 7) is 1.97. The maximum absolute atomic E-state index is 12.0. The fourth-order valence-corrected chi connectivity index (χ4v) is 2.47. The van der Waals surface area contributed by atoms with Crippen molar-refractivity contribution in [2.45, 2.75) is 6.92 Å². The Bertz CT molecular complexity index is 898. The molecule has 3 rings (SSSR count). The third kappa shape index (κ3) is 3.21. The lowest BCUT2D eigenvalue weighted by Crippen LogP contribution is -1.97. The number of esters is 1. The zero-order chi connectivity index (χ0) is 17.3. The summed E-state index contributed by atoms with van der Waals surface area (Å²) in [4.78, 5) is 22.4. The van der Waals surface area contributed by atoms with Gasteiger partial charge in [-0.1, -0.05) is 47.5 Å². The van der Waals surface area contributed by atoms with Crippen molar-refractivity contribution < 1.29 is 14.5 Å². The van der Waals surface area contributed by atoms with Gasteiger partial charge in [-0.05, 0) is 30.7 Å². The van der Waals surface area contributed by atoms with Crippen LogP contribution >= 0.6 is 11.6 Å². The van der Waals surface area contributed by atoms with E-state index in [2.05, 4.69) is 0 Å². The van der Waals surface area contributed by atoms with E-state index in [0.29, 0.717) is 16.9 Å². The summed E-state index contributed by atoms with van der Waals surface area (Å²) in [5.74, 6) is -0.0436. The second-order valence-corrected chi connectivity index (χ2v) is 5.74. The molecular formula is C18H12ClNO4. The monoisotopic (exact) mass is 341 g/mol. The van der Waals surface area contributed by atoms with Crippen LogP contribution in [-0.2, 0) is 9.53 Å². The summed E-state index contributed by atoms with van der Waals surface area (Å²) >= 11 is 5.79. The third-order valence-electron chi connectivity index (χ3n) is 3.55. The SMILES string of the molecule is Cc1ccc(C2=C/C(=C/c3ccc(Cl)c([N+](=O)[O-])c3)C(=O)O2)cc1. The normalized spacial score (nSPS) is 15.3. The molecule has 0 saturated heterocycles. The van der Waals surface area contributed by atoms with Crippen molar-refractivity contribution in [3.63, 3.8) is 0 Å². The summed E-state index contributed by atoms with van der Waals surface area (Å²) in [6.07, 6.45) is 3.15. The predicted molar refractivity (Wildman–Crippen MR) is 91.3 cm³/mol. The molecule has 6 heteroatoms. The Kier molecular flexibility index (Phi) is 4.18. The molecule has 5 nitrogen and oxygen atoms in total. The molecule has 0 aliphatic carbocycles. The number of rotatable bonds is 3. The first-order chi connectivity index (χ1) is 11.4. The van der Waals surface area contributed by atoms with E-state index in [1.165, 1.54) is 18.2 Å². The first kappa shape index (κ1) is 16.0. The van der Waals surface area contributed by atoms with Crippen molar-refractivity contribution in [3.05, 3.63) is 85.9 Å². The Balaban J connectivity index is 1.95. The number of ether oxygens (including phenoxy) is 1. The molecule has 0 radical (unpaired) electrons. The van der Waals surface area contributed by atoms with E-state index in [4.69, 9.17) is 16.3 Å². The van der Waals surface area contributed by atoms with Gasteiger partial charge in [0.05, 0.1) is 10.5 Å². The number of nitro benzene ring substituents is 1. The zero-order valence-electron chi connectivity index (χ0n) is 12.7. The molecule has 0 spiro atoms. The maximum atomic E-state index is 12.0. The first-order valence-corrected chi connectivity index (χ1v) is 7.48. The number of nitrogens with zero attached hydrogens (tertiary/aromatic N) is 1. The average Bonchev–Trinajstić information content (AvgIpc) is 2.90. The van der Waals surface area contributed by atoms with Crippen molar-refractivity contribution in [3.8, 4) is 0 Å². The standard InChI is InChI=1S/C18H12ClNO4/c1-11-2-5-13(6-3-11)17-10-14(18(21)24-17)8-12-4-7-15(19)16(9-12)20(22)23/h2-10H,1H3/b14-8-. The number of aryl methyl sites for hydroxylation is 1. The van der Waals surface area contributed by atoms with E-state index in [9.17, 15) is 14.9 Å². The molecule has 120 valence electrons. The molecule has 24 heavy (non-hydrogen) atoms. The first-order valence-electron chi connectivity index (χ1n) is 7.10. The van der Waals surface area contributed by atoms with Crippen molar-refractivity contribution in [2.24, 2.45) is 0 Å². The summed E-state index contributed by atoms with van der Waals surface area (Å²) in [7, 11) is 0. The molecule has 1 aliphatic heterocycles. The Labute approximate surface area is 143 Å². The summed E-state index contributed by atoms with van der Waals surface area (Å²) in [5.41, 5.74) is 2.51. The Morgan fingerprint density at radius 3 is 2.54 bits per heavy atom. The number of hydrogen-bond acceptors (Lipinski definition) is 4. The molecule has 2 aromatic rings. The van der Waals surface area contributed by atoms with Gasteiger partial charge in [-0.3, -0.25) is 10.1 Å². The fraction of sp³-hybridized carbons (Fsp3) is 0.0556. The molecular weight excluding hydrogens is 330 g/mol. The molecule has 0 bridgehead atoms. The van der Waals surface area contributed by atoms with Gasteiger partial charge in [-0.15, -0.1) is 0 Å². The average molecular weight is 342 g/mol. The lowest BCUT2D eigenvalue weighted by molar-refractivity contribution is -0.384. The molecule has 0 aromatic heterocycles. The van der Waals surface area contributed by atoms with Crippen LogP contribution in [0.3, 0.4) is 0 Å². The molecule has 1 heterocycles. The van der Waals surface area contributed by atoms with E-state index in [1.54, 1.807) is 12.1 Å². The van der Waals surface area contributed by atoms with Gasteiger partial charge < -0.3 is 4.74 Å². The number of cyclic esters (lactones) is 1. The summed E-state index contributed by atoms with van der Waals surface area (Å²) in [5, 5.41) is 11.0. The molecule has 0 amide bonds. The highest BCUT2D eigenvalue weighted by Gasteiger charge is 2.22. The van der Waals surface area contributed by atoms with E-state index >= 15 is 0 Å². The quantitative estimate of drug-likeness (QED) is 0.356. The second-order valence-electron chi connectivity index (χ2n) is 5.33. The second kappa shape index (κ2) is 6.29. The van der Waals surface area contributed by atoms with Crippen molar-refractivity contribution in [1.82, 2.24) is 0 Å². The number of benzene rings is 2. The summed E-state index contributed by atoms with van der Waals surface area (Å²) < 4.78 is 5.27. The van der Waals surface area contributed by atoms with Gasteiger partial charge in [0.15, 0.2) is 0 Å². The van der Waals surface area contributed by atoms with Crippen LogP contribution in [0.15, 0.2) is 54.1 Å². The van der Waals surface area contributed by atoms with Gasteiger partial charge in [-0.25, -0.2) is 4.79 Å². The van der Waals surface area contributed by atoms with E-state index in [0.717, 1.165) is 11.1 Å². The van der Waals surface area contributed by atoms with Crippen LogP contribution in [-0.4, -0.2) is 10.9 Å². The van der Waals surface area contributed by atoms with Crippen LogP contribution in [0.4, 0.5) is 5.69 Å². The van der Waals surface area contributed by atoms with Gasteiger partial charge >= 0.3 is 5.97 Å². The highest BCUT2D eigenvalue weighted by molar-refractivity contribution is 6.32.